The van der Waals surface area contributed by atoms with Gasteiger partial charge in [-0.3, -0.25) is 4.57 Å². The molecule has 9 nitrogen and oxygen atoms in total. The first-order chi connectivity index (χ1) is 15.8. The molecular weight excluding hydrogens is 426 g/mol. The number of ether oxygens (including phenoxy) is 1. The second kappa shape index (κ2) is 9.06. The van der Waals surface area contributed by atoms with Crippen LogP contribution in [0.25, 0.3) is 17.1 Å². The van der Waals surface area contributed by atoms with Gasteiger partial charge in [-0.25, -0.2) is 0 Å². The SMILES string of the molecule is COc1cccc(-c2nnc(SCc3nnnn3-c3ccccc3)n2Cc2ccco2)c1. The first-order valence-corrected chi connectivity index (χ1v) is 10.9. The fourth-order valence-corrected chi connectivity index (χ4v) is 4.11. The Morgan fingerprint density at radius 3 is 2.69 bits per heavy atom. The van der Waals surface area contributed by atoms with Gasteiger partial charge in [0, 0.05) is 5.56 Å². The smallest absolute Gasteiger partial charge is 0.192 e. The summed E-state index contributed by atoms with van der Waals surface area (Å²) in [6.45, 7) is 0.499. The molecule has 0 atom stereocenters. The van der Waals surface area contributed by atoms with Gasteiger partial charge in [0.1, 0.15) is 11.5 Å². The van der Waals surface area contributed by atoms with Crippen molar-refractivity contribution in [3.8, 4) is 22.8 Å². The highest BCUT2D eigenvalue weighted by Crippen LogP contribution is 2.29. The number of aromatic nitrogens is 7. The number of thioether (sulfide) groups is 1. The maximum Gasteiger partial charge on any atom is 0.192 e. The Balaban J connectivity index is 1.45. The van der Waals surface area contributed by atoms with Crippen LogP contribution in [0.3, 0.4) is 0 Å². The van der Waals surface area contributed by atoms with Gasteiger partial charge in [0.2, 0.25) is 0 Å². The van der Waals surface area contributed by atoms with E-state index in [0.29, 0.717) is 12.3 Å². The Labute approximate surface area is 188 Å². The molecule has 10 heteroatoms. The van der Waals surface area contributed by atoms with Crippen LogP contribution in [0.2, 0.25) is 0 Å². The van der Waals surface area contributed by atoms with Crippen molar-refractivity contribution in [2.24, 2.45) is 0 Å². The molecular formula is C22H19N7O2S. The summed E-state index contributed by atoms with van der Waals surface area (Å²) in [5, 5.41) is 21.8. The van der Waals surface area contributed by atoms with Gasteiger partial charge in [-0.2, -0.15) is 4.68 Å². The Hall–Kier alpha value is -3.92. The standard InChI is InChI=1S/C22H19N7O2S/c1-30-18-10-5-7-16(13-18)21-24-25-22(28(21)14-19-11-6-12-31-19)32-15-20-23-26-27-29(20)17-8-3-2-4-9-17/h2-13H,14-15H2,1H3. The highest BCUT2D eigenvalue weighted by Gasteiger charge is 2.18. The zero-order valence-corrected chi connectivity index (χ0v) is 18.0. The predicted molar refractivity (Wildman–Crippen MR) is 119 cm³/mol. The molecule has 0 unspecified atom stereocenters. The molecule has 0 aliphatic carbocycles. The molecule has 0 fully saturated rings. The lowest BCUT2D eigenvalue weighted by Gasteiger charge is -2.10. The van der Waals surface area contributed by atoms with E-state index in [1.54, 1.807) is 18.1 Å². The van der Waals surface area contributed by atoms with E-state index in [1.807, 2.05) is 71.3 Å². The fourth-order valence-electron chi connectivity index (χ4n) is 3.27. The van der Waals surface area contributed by atoms with Crippen LogP contribution in [0.5, 0.6) is 5.75 Å². The van der Waals surface area contributed by atoms with E-state index in [4.69, 9.17) is 9.15 Å². The van der Waals surface area contributed by atoms with Crippen molar-refractivity contribution >= 4 is 11.8 Å². The summed E-state index contributed by atoms with van der Waals surface area (Å²) in [6.07, 6.45) is 1.66. The topological polar surface area (TPSA) is 96.7 Å². The summed E-state index contributed by atoms with van der Waals surface area (Å²) in [7, 11) is 1.64. The molecule has 0 aliphatic heterocycles. The zero-order valence-electron chi connectivity index (χ0n) is 17.2. The van der Waals surface area contributed by atoms with Gasteiger partial charge >= 0.3 is 0 Å². The number of hydrogen-bond donors (Lipinski definition) is 0. The summed E-state index contributed by atoms with van der Waals surface area (Å²) in [5.74, 6) is 3.54. The molecule has 0 aliphatic rings. The van der Waals surface area contributed by atoms with E-state index in [2.05, 4.69) is 25.7 Å². The maximum atomic E-state index is 5.58. The Morgan fingerprint density at radius 2 is 1.88 bits per heavy atom. The second-order valence-electron chi connectivity index (χ2n) is 6.83. The quantitative estimate of drug-likeness (QED) is 0.332. The average molecular weight is 446 g/mol. The number of nitrogens with zero attached hydrogens (tertiary/aromatic N) is 7. The molecule has 0 bridgehead atoms. The van der Waals surface area contributed by atoms with Crippen LogP contribution >= 0.6 is 11.8 Å². The highest BCUT2D eigenvalue weighted by atomic mass is 32.2. The van der Waals surface area contributed by atoms with Crippen LogP contribution in [0.4, 0.5) is 0 Å². The molecule has 0 amide bonds. The minimum Gasteiger partial charge on any atom is -0.497 e. The Kier molecular flexibility index (Phi) is 5.67. The number of furan rings is 1. The molecule has 160 valence electrons. The van der Waals surface area contributed by atoms with Gasteiger partial charge in [0.15, 0.2) is 16.8 Å². The molecule has 3 aromatic heterocycles. The third-order valence-corrected chi connectivity index (χ3v) is 5.77. The molecule has 0 radical (unpaired) electrons. The lowest BCUT2D eigenvalue weighted by molar-refractivity contribution is 0.415. The van der Waals surface area contributed by atoms with Gasteiger partial charge in [-0.15, -0.1) is 15.3 Å². The molecule has 0 saturated carbocycles. The van der Waals surface area contributed by atoms with Gasteiger partial charge in [0.05, 0.1) is 31.4 Å². The predicted octanol–water partition coefficient (Wildman–Crippen LogP) is 3.86. The van der Waals surface area contributed by atoms with E-state index in [9.17, 15) is 0 Å². The first-order valence-electron chi connectivity index (χ1n) is 9.87. The van der Waals surface area contributed by atoms with Crippen LogP contribution in [-0.4, -0.2) is 42.1 Å². The average Bonchev–Trinajstić information content (AvgIpc) is 3.60. The number of methoxy groups -OCH3 is 1. The molecule has 0 spiro atoms. The lowest BCUT2D eigenvalue weighted by Crippen LogP contribution is -2.05. The summed E-state index contributed by atoms with van der Waals surface area (Å²) in [6, 6.07) is 21.3. The van der Waals surface area contributed by atoms with E-state index in [0.717, 1.165) is 39.6 Å². The number of tetrazole rings is 1. The van der Waals surface area contributed by atoms with Gasteiger partial charge in [-0.1, -0.05) is 42.1 Å². The molecule has 5 aromatic rings. The number of rotatable bonds is 8. The second-order valence-corrected chi connectivity index (χ2v) is 7.78. The van der Waals surface area contributed by atoms with Crippen molar-refractivity contribution < 1.29 is 9.15 Å². The maximum absolute atomic E-state index is 5.58. The van der Waals surface area contributed by atoms with Gasteiger partial charge < -0.3 is 9.15 Å². The van der Waals surface area contributed by atoms with Crippen molar-refractivity contribution in [1.29, 1.82) is 0 Å². The van der Waals surface area contributed by atoms with Crippen molar-refractivity contribution in [3.63, 3.8) is 0 Å². The lowest BCUT2D eigenvalue weighted by atomic mass is 10.2. The van der Waals surface area contributed by atoms with E-state index in [1.165, 1.54) is 11.8 Å². The largest absolute Gasteiger partial charge is 0.497 e. The third kappa shape index (κ3) is 4.12. The third-order valence-electron chi connectivity index (χ3n) is 4.80. The molecule has 5 rings (SSSR count). The van der Waals surface area contributed by atoms with Crippen molar-refractivity contribution in [2.75, 3.05) is 7.11 Å². The summed E-state index contributed by atoms with van der Waals surface area (Å²) in [4.78, 5) is 0. The van der Waals surface area contributed by atoms with E-state index < -0.39 is 0 Å². The first kappa shape index (κ1) is 20.0. The van der Waals surface area contributed by atoms with Crippen molar-refractivity contribution in [1.82, 2.24) is 35.0 Å². The van der Waals surface area contributed by atoms with Crippen LogP contribution in [-0.2, 0) is 12.3 Å². The fraction of sp³-hybridized carbons (Fsp3) is 0.136. The van der Waals surface area contributed by atoms with Gasteiger partial charge in [0.25, 0.3) is 0 Å². The van der Waals surface area contributed by atoms with Crippen molar-refractivity contribution in [2.45, 2.75) is 17.5 Å². The minimum atomic E-state index is 0.499. The van der Waals surface area contributed by atoms with Crippen LogP contribution in [0.1, 0.15) is 11.6 Å². The number of hydrogen-bond acceptors (Lipinski definition) is 8. The molecule has 2 aromatic carbocycles. The summed E-state index contributed by atoms with van der Waals surface area (Å²) < 4.78 is 14.7. The minimum absolute atomic E-state index is 0.499. The molecule has 0 saturated heterocycles. The molecule has 3 heterocycles. The van der Waals surface area contributed by atoms with E-state index in [-0.39, 0.29) is 0 Å². The number of para-hydroxylation sites is 1. The van der Waals surface area contributed by atoms with Crippen LogP contribution in [0, 0.1) is 0 Å². The highest BCUT2D eigenvalue weighted by molar-refractivity contribution is 7.98. The summed E-state index contributed by atoms with van der Waals surface area (Å²) in [5.41, 5.74) is 1.81. The Morgan fingerprint density at radius 1 is 0.969 bits per heavy atom. The van der Waals surface area contributed by atoms with Gasteiger partial charge in [-0.05, 0) is 46.8 Å². The molecule has 32 heavy (non-hydrogen) atoms. The van der Waals surface area contributed by atoms with Crippen LogP contribution < -0.4 is 4.74 Å². The number of benzene rings is 2. The summed E-state index contributed by atoms with van der Waals surface area (Å²) >= 11 is 1.51. The molecule has 0 N–H and O–H groups in total. The monoisotopic (exact) mass is 445 g/mol. The van der Waals surface area contributed by atoms with E-state index >= 15 is 0 Å². The normalized spacial score (nSPS) is 11.0. The van der Waals surface area contributed by atoms with Crippen molar-refractivity contribution in [3.05, 3.63) is 84.6 Å². The zero-order chi connectivity index (χ0) is 21.8. The Bertz CT molecular complexity index is 1300. The van der Waals surface area contributed by atoms with Crippen LogP contribution in [0.15, 0.2) is 82.6 Å².